The third kappa shape index (κ3) is 3.75. The molecule has 0 saturated carbocycles. The van der Waals surface area contributed by atoms with Crippen LogP contribution in [-0.4, -0.2) is 8.42 Å². The van der Waals surface area contributed by atoms with Crippen molar-refractivity contribution in [3.63, 3.8) is 0 Å². The number of nitrogens with one attached hydrogen (secondary N) is 1. The van der Waals surface area contributed by atoms with Gasteiger partial charge in [0.2, 0.25) is 0 Å². The second-order valence-corrected chi connectivity index (χ2v) is 7.04. The average molecular weight is 325 g/mol. The summed E-state index contributed by atoms with van der Waals surface area (Å²) >= 11 is 6.06. The minimum atomic E-state index is -3.69. The van der Waals surface area contributed by atoms with Crippen LogP contribution in [0.3, 0.4) is 0 Å². The first-order valence-electron chi connectivity index (χ1n) is 6.44. The first-order valence-corrected chi connectivity index (χ1v) is 8.30. The Balaban J connectivity index is 2.36. The molecule has 0 radical (unpaired) electrons. The quantitative estimate of drug-likeness (QED) is 0.904. The predicted molar refractivity (Wildman–Crippen MR) is 86.0 cm³/mol. The monoisotopic (exact) mass is 324 g/mol. The molecule has 2 aromatic carbocycles. The molecule has 6 heteroatoms. The van der Waals surface area contributed by atoms with Gasteiger partial charge >= 0.3 is 0 Å². The van der Waals surface area contributed by atoms with Crippen LogP contribution in [0.4, 0.5) is 5.69 Å². The molecule has 0 amide bonds. The Kier molecular flexibility index (Phi) is 4.56. The fourth-order valence-electron chi connectivity index (χ4n) is 1.87. The summed E-state index contributed by atoms with van der Waals surface area (Å²) in [6.07, 6.45) is 0. The van der Waals surface area contributed by atoms with Crippen LogP contribution >= 0.6 is 11.6 Å². The van der Waals surface area contributed by atoms with Crippen LogP contribution in [0.2, 0.25) is 5.02 Å². The van der Waals surface area contributed by atoms with Crippen molar-refractivity contribution in [2.75, 3.05) is 4.72 Å². The second kappa shape index (κ2) is 6.05. The Morgan fingerprint density at radius 2 is 1.90 bits per heavy atom. The number of aryl methyl sites for hydroxylation is 1. The van der Waals surface area contributed by atoms with E-state index in [1.54, 1.807) is 43.3 Å². The summed E-state index contributed by atoms with van der Waals surface area (Å²) in [7, 11) is -3.69. The van der Waals surface area contributed by atoms with Crippen LogP contribution in [0, 0.1) is 6.92 Å². The van der Waals surface area contributed by atoms with Gasteiger partial charge in [0.1, 0.15) is 0 Å². The third-order valence-electron chi connectivity index (χ3n) is 3.06. The minimum absolute atomic E-state index is 0.161. The first-order chi connectivity index (χ1) is 9.79. The van der Waals surface area contributed by atoms with Crippen molar-refractivity contribution in [2.24, 2.45) is 5.73 Å². The molecule has 2 aromatic rings. The van der Waals surface area contributed by atoms with Gasteiger partial charge in [-0.1, -0.05) is 29.8 Å². The summed E-state index contributed by atoms with van der Waals surface area (Å²) in [6, 6.07) is 11.5. The molecule has 21 heavy (non-hydrogen) atoms. The average Bonchev–Trinajstić information content (AvgIpc) is 2.42. The summed E-state index contributed by atoms with van der Waals surface area (Å²) in [5.74, 6) is 0. The third-order valence-corrected chi connectivity index (χ3v) is 4.74. The van der Waals surface area contributed by atoms with E-state index < -0.39 is 10.0 Å². The van der Waals surface area contributed by atoms with E-state index in [1.165, 1.54) is 6.07 Å². The summed E-state index contributed by atoms with van der Waals surface area (Å²) in [5, 5.41) is 0.363. The van der Waals surface area contributed by atoms with Gasteiger partial charge in [0.05, 0.1) is 15.6 Å². The standard InChI is InChI=1S/C15H17ClN2O2S/c1-10-6-7-15(14(16)8-10)18-21(19,20)13-5-3-4-12(9-13)11(2)17/h3-9,11,18H,17H2,1-2H3. The molecule has 1 atom stereocenters. The van der Waals surface area contributed by atoms with Gasteiger partial charge < -0.3 is 5.73 Å². The van der Waals surface area contributed by atoms with Gasteiger partial charge in [-0.25, -0.2) is 8.42 Å². The number of benzene rings is 2. The highest BCUT2D eigenvalue weighted by atomic mass is 35.5. The van der Waals surface area contributed by atoms with E-state index in [0.717, 1.165) is 11.1 Å². The summed E-state index contributed by atoms with van der Waals surface area (Å²) in [6.45, 7) is 3.69. The largest absolute Gasteiger partial charge is 0.324 e. The van der Waals surface area contributed by atoms with Crippen molar-refractivity contribution < 1.29 is 8.42 Å². The summed E-state index contributed by atoms with van der Waals surface area (Å²) in [5.41, 5.74) is 7.86. The van der Waals surface area contributed by atoms with Crippen molar-refractivity contribution in [2.45, 2.75) is 24.8 Å². The molecule has 1 unspecified atom stereocenters. The molecule has 0 aliphatic heterocycles. The highest BCUT2D eigenvalue weighted by Gasteiger charge is 2.16. The molecule has 0 aliphatic carbocycles. The van der Waals surface area contributed by atoms with Crippen molar-refractivity contribution in [3.05, 3.63) is 58.6 Å². The molecule has 0 fully saturated rings. The van der Waals surface area contributed by atoms with Crippen molar-refractivity contribution >= 4 is 27.3 Å². The molecule has 3 N–H and O–H groups in total. The lowest BCUT2D eigenvalue weighted by atomic mass is 10.1. The van der Waals surface area contributed by atoms with E-state index in [9.17, 15) is 8.42 Å². The summed E-state index contributed by atoms with van der Waals surface area (Å²) < 4.78 is 27.3. The zero-order chi connectivity index (χ0) is 15.6. The lowest BCUT2D eigenvalue weighted by molar-refractivity contribution is 0.601. The van der Waals surface area contributed by atoms with Crippen LogP contribution in [0.25, 0.3) is 0 Å². The molecule has 0 aromatic heterocycles. The van der Waals surface area contributed by atoms with Crippen molar-refractivity contribution in [1.82, 2.24) is 0 Å². The molecular formula is C15H17ClN2O2S. The van der Waals surface area contributed by atoms with Gasteiger partial charge in [0, 0.05) is 6.04 Å². The summed E-state index contributed by atoms with van der Waals surface area (Å²) in [4.78, 5) is 0.161. The van der Waals surface area contributed by atoms with Gasteiger partial charge in [0.15, 0.2) is 0 Å². The van der Waals surface area contributed by atoms with Gasteiger partial charge in [-0.15, -0.1) is 0 Å². The van der Waals surface area contributed by atoms with E-state index in [4.69, 9.17) is 17.3 Å². The van der Waals surface area contributed by atoms with E-state index in [0.29, 0.717) is 10.7 Å². The Bertz CT molecular complexity index is 758. The van der Waals surface area contributed by atoms with Crippen LogP contribution < -0.4 is 10.5 Å². The van der Waals surface area contributed by atoms with Gasteiger partial charge in [0.25, 0.3) is 10.0 Å². The maximum atomic E-state index is 12.4. The fourth-order valence-corrected chi connectivity index (χ4v) is 3.34. The smallest absolute Gasteiger partial charge is 0.261 e. The Morgan fingerprint density at radius 3 is 2.52 bits per heavy atom. The number of halogens is 1. The maximum Gasteiger partial charge on any atom is 0.261 e. The van der Waals surface area contributed by atoms with Crippen LogP contribution in [0.1, 0.15) is 24.1 Å². The number of hydrogen-bond acceptors (Lipinski definition) is 3. The van der Waals surface area contributed by atoms with Crippen LogP contribution in [-0.2, 0) is 10.0 Å². The molecule has 4 nitrogen and oxygen atoms in total. The van der Waals surface area contributed by atoms with Gasteiger partial charge in [-0.2, -0.15) is 0 Å². The van der Waals surface area contributed by atoms with Gasteiger partial charge in [-0.05, 0) is 49.2 Å². The lowest BCUT2D eigenvalue weighted by Gasteiger charge is -2.12. The minimum Gasteiger partial charge on any atom is -0.324 e. The highest BCUT2D eigenvalue weighted by molar-refractivity contribution is 7.92. The number of anilines is 1. The first kappa shape index (κ1) is 15.8. The molecule has 0 aliphatic rings. The fraction of sp³-hybridized carbons (Fsp3) is 0.200. The Morgan fingerprint density at radius 1 is 1.19 bits per heavy atom. The molecule has 112 valence electrons. The molecule has 0 bridgehead atoms. The van der Waals surface area contributed by atoms with Crippen LogP contribution in [0.15, 0.2) is 47.4 Å². The zero-order valence-corrected chi connectivity index (χ0v) is 13.4. The number of sulfonamides is 1. The number of hydrogen-bond donors (Lipinski definition) is 2. The maximum absolute atomic E-state index is 12.4. The van der Waals surface area contributed by atoms with E-state index >= 15 is 0 Å². The van der Waals surface area contributed by atoms with Crippen molar-refractivity contribution in [3.8, 4) is 0 Å². The van der Waals surface area contributed by atoms with E-state index in [-0.39, 0.29) is 10.9 Å². The van der Waals surface area contributed by atoms with Crippen molar-refractivity contribution in [1.29, 1.82) is 0 Å². The van der Waals surface area contributed by atoms with E-state index in [2.05, 4.69) is 4.72 Å². The lowest BCUT2D eigenvalue weighted by Crippen LogP contribution is -2.14. The Labute approximate surface area is 130 Å². The number of nitrogens with two attached hydrogens (primary N) is 1. The normalized spacial score (nSPS) is 13.0. The predicted octanol–water partition coefficient (Wildman–Crippen LogP) is 3.47. The SMILES string of the molecule is Cc1ccc(NS(=O)(=O)c2cccc(C(C)N)c2)c(Cl)c1. The highest BCUT2D eigenvalue weighted by Crippen LogP contribution is 2.26. The molecular weight excluding hydrogens is 308 g/mol. The van der Waals surface area contributed by atoms with Gasteiger partial charge in [-0.3, -0.25) is 4.72 Å². The van der Waals surface area contributed by atoms with Crippen LogP contribution in [0.5, 0.6) is 0 Å². The van der Waals surface area contributed by atoms with E-state index in [1.807, 2.05) is 6.92 Å². The molecule has 2 rings (SSSR count). The Hall–Kier alpha value is -1.56. The molecule has 0 saturated heterocycles. The number of rotatable bonds is 4. The topological polar surface area (TPSA) is 72.2 Å². The zero-order valence-electron chi connectivity index (χ0n) is 11.8. The second-order valence-electron chi connectivity index (χ2n) is 4.95. The molecule has 0 heterocycles. The molecule has 0 spiro atoms.